The van der Waals surface area contributed by atoms with E-state index in [1.165, 1.54) is 0 Å². The maximum atomic E-state index is 13.8. The summed E-state index contributed by atoms with van der Waals surface area (Å²) in [4.78, 5) is 55.2. The highest BCUT2D eigenvalue weighted by Crippen LogP contribution is 2.19. The maximum absolute atomic E-state index is 13.8. The first-order valence-electron chi connectivity index (χ1n) is 14.3. The van der Waals surface area contributed by atoms with Crippen LogP contribution in [0.4, 0.5) is 0 Å². The van der Waals surface area contributed by atoms with Gasteiger partial charge in [0.25, 0.3) is 0 Å². The molecule has 11 nitrogen and oxygen atoms in total. The van der Waals surface area contributed by atoms with Crippen LogP contribution in [0.2, 0.25) is 0 Å². The van der Waals surface area contributed by atoms with E-state index in [1.54, 1.807) is 6.20 Å². The predicted octanol–water partition coefficient (Wildman–Crippen LogP) is 1.60. The minimum atomic E-state index is -1.17. The molecule has 9 N–H and O–H groups in total. The molecule has 0 bridgehead atoms. The van der Waals surface area contributed by atoms with Gasteiger partial charge in [0.15, 0.2) is 0 Å². The second kappa shape index (κ2) is 15.7. The molecule has 3 rings (SSSR count). The molecule has 0 aliphatic carbocycles. The van der Waals surface area contributed by atoms with Crippen LogP contribution in [0.5, 0.6) is 0 Å². The van der Waals surface area contributed by atoms with E-state index >= 15 is 0 Å². The number of aliphatic carboxylic acids is 1. The van der Waals surface area contributed by atoms with E-state index in [0.717, 1.165) is 22.0 Å². The average molecular weight is 579 g/mol. The van der Waals surface area contributed by atoms with Crippen molar-refractivity contribution in [3.05, 3.63) is 71.9 Å². The van der Waals surface area contributed by atoms with Gasteiger partial charge in [-0.3, -0.25) is 14.4 Å². The quantitative estimate of drug-likeness (QED) is 0.125. The van der Waals surface area contributed by atoms with Crippen molar-refractivity contribution in [2.45, 2.75) is 70.1 Å². The average Bonchev–Trinajstić information content (AvgIpc) is 3.38. The Kier molecular flexibility index (Phi) is 12.1. The number of nitrogens with two attached hydrogens (primary N) is 2. The number of aromatic nitrogens is 1. The number of para-hydroxylation sites is 1. The molecule has 0 spiro atoms. The lowest BCUT2D eigenvalue weighted by atomic mass is 10.00. The number of carbonyl (C=O) groups is 4. The number of nitrogens with one attached hydrogen (secondary N) is 4. The second-order valence-corrected chi connectivity index (χ2v) is 10.8. The molecule has 0 saturated heterocycles. The molecule has 0 fully saturated rings. The molecule has 11 heteroatoms. The van der Waals surface area contributed by atoms with Crippen LogP contribution in [0.25, 0.3) is 10.9 Å². The lowest BCUT2D eigenvalue weighted by Gasteiger charge is -2.26. The number of H-pyrrole nitrogens is 1. The van der Waals surface area contributed by atoms with Crippen LogP contribution < -0.4 is 27.4 Å². The van der Waals surface area contributed by atoms with E-state index in [0.29, 0.717) is 19.4 Å². The number of unbranched alkanes of at least 4 members (excludes halogenated alkanes) is 1. The van der Waals surface area contributed by atoms with Crippen LogP contribution in [0.15, 0.2) is 60.8 Å². The Morgan fingerprint density at radius 2 is 1.40 bits per heavy atom. The van der Waals surface area contributed by atoms with Gasteiger partial charge < -0.3 is 37.5 Å². The fourth-order valence-corrected chi connectivity index (χ4v) is 4.65. The highest BCUT2D eigenvalue weighted by atomic mass is 16.4. The summed E-state index contributed by atoms with van der Waals surface area (Å²) in [5, 5.41) is 18.7. The number of rotatable bonds is 16. The molecule has 4 unspecified atom stereocenters. The Balaban J connectivity index is 1.87. The molecule has 226 valence electrons. The molecule has 0 aliphatic rings. The highest BCUT2D eigenvalue weighted by molar-refractivity contribution is 5.95. The van der Waals surface area contributed by atoms with Gasteiger partial charge in [-0.25, -0.2) is 4.79 Å². The predicted molar refractivity (Wildman–Crippen MR) is 161 cm³/mol. The summed E-state index contributed by atoms with van der Waals surface area (Å²) in [6, 6.07) is 12.6. The molecule has 42 heavy (non-hydrogen) atoms. The Morgan fingerprint density at radius 1 is 0.810 bits per heavy atom. The summed E-state index contributed by atoms with van der Waals surface area (Å²) in [6.45, 7) is 4.04. The van der Waals surface area contributed by atoms with Gasteiger partial charge >= 0.3 is 5.97 Å². The van der Waals surface area contributed by atoms with Gasteiger partial charge in [0.05, 0.1) is 6.04 Å². The largest absolute Gasteiger partial charge is 0.480 e. The van der Waals surface area contributed by atoms with Crippen molar-refractivity contribution < 1.29 is 24.3 Å². The molecular weight excluding hydrogens is 536 g/mol. The van der Waals surface area contributed by atoms with E-state index in [4.69, 9.17) is 11.5 Å². The molecule has 1 heterocycles. The number of carboxylic acids is 1. The number of carbonyl (C=O) groups excluding carboxylic acids is 3. The molecule has 3 aromatic rings. The van der Waals surface area contributed by atoms with Gasteiger partial charge in [-0.1, -0.05) is 62.4 Å². The lowest BCUT2D eigenvalue weighted by Crippen LogP contribution is -2.58. The zero-order chi connectivity index (χ0) is 30.6. The Labute approximate surface area is 245 Å². The van der Waals surface area contributed by atoms with Crippen LogP contribution in [-0.4, -0.2) is 64.5 Å². The lowest BCUT2D eigenvalue weighted by molar-refractivity contribution is -0.142. The topological polar surface area (TPSA) is 192 Å². The molecule has 3 amide bonds. The summed E-state index contributed by atoms with van der Waals surface area (Å²) in [6.07, 6.45) is 3.40. The molecular formula is C31H42N6O5. The number of fused-ring (bicyclic) bond motifs is 1. The number of carboxylic acid groups (broad SMARTS) is 1. The fraction of sp³-hybridized carbons (Fsp3) is 0.419. The Hall–Kier alpha value is -4.22. The van der Waals surface area contributed by atoms with Gasteiger partial charge in [-0.2, -0.15) is 0 Å². The van der Waals surface area contributed by atoms with Crippen molar-refractivity contribution in [3.63, 3.8) is 0 Å². The minimum Gasteiger partial charge on any atom is -0.480 e. The fourth-order valence-electron chi connectivity index (χ4n) is 4.65. The van der Waals surface area contributed by atoms with Gasteiger partial charge in [-0.05, 0) is 48.9 Å². The van der Waals surface area contributed by atoms with Crippen molar-refractivity contribution in [3.8, 4) is 0 Å². The summed E-state index contributed by atoms with van der Waals surface area (Å²) in [5.41, 5.74) is 14.1. The van der Waals surface area contributed by atoms with Gasteiger partial charge in [0, 0.05) is 29.9 Å². The first-order valence-corrected chi connectivity index (χ1v) is 14.3. The Morgan fingerprint density at radius 3 is 2.05 bits per heavy atom. The SMILES string of the molecule is CC(C)C(N)C(=O)NC(Cc1c[nH]c2ccccc12)C(=O)NC(Cc1ccccc1)C(=O)NC(CCCCN)C(=O)O. The third-order valence-corrected chi connectivity index (χ3v) is 7.23. The normalized spacial score (nSPS) is 14.1. The second-order valence-electron chi connectivity index (χ2n) is 10.8. The minimum absolute atomic E-state index is 0.118. The van der Waals surface area contributed by atoms with Crippen molar-refractivity contribution in [2.24, 2.45) is 17.4 Å². The first kappa shape index (κ1) is 32.3. The third kappa shape index (κ3) is 9.15. The van der Waals surface area contributed by atoms with Crippen molar-refractivity contribution >= 4 is 34.6 Å². The number of amides is 3. The van der Waals surface area contributed by atoms with E-state index in [2.05, 4.69) is 20.9 Å². The van der Waals surface area contributed by atoms with Crippen LogP contribution >= 0.6 is 0 Å². The van der Waals surface area contributed by atoms with Gasteiger partial charge in [-0.15, -0.1) is 0 Å². The number of hydrogen-bond donors (Lipinski definition) is 7. The number of aromatic amines is 1. The summed E-state index contributed by atoms with van der Waals surface area (Å²) in [5.74, 6) is -3.04. The van der Waals surface area contributed by atoms with Crippen LogP contribution in [0.3, 0.4) is 0 Å². The van der Waals surface area contributed by atoms with Gasteiger partial charge in [0.2, 0.25) is 17.7 Å². The van der Waals surface area contributed by atoms with E-state index < -0.39 is 47.9 Å². The third-order valence-electron chi connectivity index (χ3n) is 7.23. The molecule has 0 saturated carbocycles. The summed E-state index contributed by atoms with van der Waals surface area (Å²) >= 11 is 0. The summed E-state index contributed by atoms with van der Waals surface area (Å²) in [7, 11) is 0. The van der Waals surface area contributed by atoms with Gasteiger partial charge in [0.1, 0.15) is 18.1 Å². The zero-order valence-corrected chi connectivity index (χ0v) is 24.1. The number of hydrogen-bond acceptors (Lipinski definition) is 6. The van der Waals surface area contributed by atoms with Crippen LogP contribution in [-0.2, 0) is 32.0 Å². The molecule has 1 aromatic heterocycles. The highest BCUT2D eigenvalue weighted by Gasteiger charge is 2.31. The monoisotopic (exact) mass is 578 g/mol. The van der Waals surface area contributed by atoms with Crippen LogP contribution in [0.1, 0.15) is 44.2 Å². The Bertz CT molecular complexity index is 1340. The molecule has 2 aromatic carbocycles. The van der Waals surface area contributed by atoms with E-state index in [1.807, 2.05) is 68.4 Å². The first-order chi connectivity index (χ1) is 20.1. The molecule has 0 aliphatic heterocycles. The van der Waals surface area contributed by atoms with Crippen molar-refractivity contribution in [1.82, 2.24) is 20.9 Å². The van der Waals surface area contributed by atoms with E-state index in [9.17, 15) is 24.3 Å². The van der Waals surface area contributed by atoms with Crippen molar-refractivity contribution in [1.29, 1.82) is 0 Å². The summed E-state index contributed by atoms with van der Waals surface area (Å²) < 4.78 is 0. The maximum Gasteiger partial charge on any atom is 0.326 e. The van der Waals surface area contributed by atoms with E-state index in [-0.39, 0.29) is 25.2 Å². The standard InChI is InChI=1S/C31H42N6O5/c1-19(2)27(33)30(40)37-26(17-21-18-34-23-13-7-6-12-22(21)23)29(39)36-25(16-20-10-4-3-5-11-20)28(38)35-24(31(41)42)14-8-9-15-32/h3-7,10-13,18-19,24-27,34H,8-9,14-17,32-33H2,1-2H3,(H,35,38)(H,36,39)(H,37,40)(H,41,42). The molecule has 0 radical (unpaired) electrons. The number of benzene rings is 2. The zero-order valence-electron chi connectivity index (χ0n) is 24.1. The smallest absolute Gasteiger partial charge is 0.326 e. The molecule has 4 atom stereocenters. The van der Waals surface area contributed by atoms with Crippen LogP contribution in [0, 0.1) is 5.92 Å². The van der Waals surface area contributed by atoms with Crippen molar-refractivity contribution in [2.75, 3.05) is 6.54 Å².